The second kappa shape index (κ2) is 6.92. The summed E-state index contributed by atoms with van der Waals surface area (Å²) in [5.74, 6) is 7.06. The Hall–Kier alpha value is -0.200. The van der Waals surface area contributed by atoms with E-state index in [1.165, 1.54) is 21.4 Å². The SMILES string of the molecule is CC1SCC(C(Cc2csc3ccccc23)NN)SC1C. The molecule has 114 valence electrons. The largest absolute Gasteiger partial charge is 0.271 e. The first-order chi connectivity index (χ1) is 10.2. The van der Waals surface area contributed by atoms with E-state index in [4.69, 9.17) is 5.84 Å². The number of benzene rings is 1. The number of thiophene rings is 1. The Morgan fingerprint density at radius 3 is 2.86 bits per heavy atom. The highest BCUT2D eigenvalue weighted by atomic mass is 32.2. The van der Waals surface area contributed by atoms with Gasteiger partial charge in [-0.05, 0) is 28.8 Å². The summed E-state index contributed by atoms with van der Waals surface area (Å²) in [6, 6.07) is 9.00. The Morgan fingerprint density at radius 2 is 2.10 bits per heavy atom. The van der Waals surface area contributed by atoms with Gasteiger partial charge in [-0.2, -0.15) is 23.5 Å². The molecule has 0 aliphatic carbocycles. The molecule has 2 heterocycles. The van der Waals surface area contributed by atoms with Crippen LogP contribution in [0.3, 0.4) is 0 Å². The molecule has 0 spiro atoms. The number of nitrogens with one attached hydrogen (secondary N) is 1. The highest BCUT2D eigenvalue weighted by Gasteiger charge is 2.31. The summed E-state index contributed by atoms with van der Waals surface area (Å²) >= 11 is 6.01. The minimum Gasteiger partial charge on any atom is -0.271 e. The number of hydrazine groups is 1. The number of nitrogens with two attached hydrogens (primary N) is 1. The first kappa shape index (κ1) is 15.7. The number of thioether (sulfide) groups is 2. The maximum absolute atomic E-state index is 5.88. The molecule has 0 bridgehead atoms. The predicted molar refractivity (Wildman–Crippen MR) is 99.4 cm³/mol. The van der Waals surface area contributed by atoms with E-state index < -0.39 is 0 Å². The van der Waals surface area contributed by atoms with Crippen molar-refractivity contribution in [3.05, 3.63) is 35.2 Å². The number of hydrogen-bond donors (Lipinski definition) is 2. The van der Waals surface area contributed by atoms with Crippen LogP contribution >= 0.6 is 34.9 Å². The number of rotatable bonds is 4. The standard InChI is InChI=1S/C16H22N2S3/c1-10-11(2)21-16(9-19-10)14(18-17)7-12-8-20-15-6-4-3-5-13(12)15/h3-6,8,10-11,14,16,18H,7,9,17H2,1-2H3. The topological polar surface area (TPSA) is 38.0 Å². The summed E-state index contributed by atoms with van der Waals surface area (Å²) in [5.41, 5.74) is 4.51. The molecule has 0 saturated carbocycles. The fourth-order valence-electron chi connectivity index (χ4n) is 2.74. The van der Waals surface area contributed by atoms with Crippen molar-refractivity contribution in [2.24, 2.45) is 5.84 Å². The summed E-state index contributed by atoms with van der Waals surface area (Å²) in [7, 11) is 0. The Bertz CT molecular complexity index is 598. The third-order valence-corrected chi connectivity index (χ3v) is 8.80. The van der Waals surface area contributed by atoms with E-state index in [1.807, 2.05) is 11.3 Å². The molecule has 3 rings (SSSR count). The molecule has 1 saturated heterocycles. The Kier molecular flexibility index (Phi) is 5.17. The van der Waals surface area contributed by atoms with Gasteiger partial charge >= 0.3 is 0 Å². The summed E-state index contributed by atoms with van der Waals surface area (Å²) in [6.45, 7) is 4.66. The third kappa shape index (κ3) is 3.42. The molecule has 1 aromatic carbocycles. The molecule has 2 nitrogen and oxygen atoms in total. The summed E-state index contributed by atoms with van der Waals surface area (Å²) in [6.07, 6.45) is 1.01. The van der Waals surface area contributed by atoms with Gasteiger partial charge in [-0.3, -0.25) is 11.3 Å². The molecule has 1 aliphatic heterocycles. The van der Waals surface area contributed by atoms with Crippen molar-refractivity contribution >= 4 is 44.9 Å². The van der Waals surface area contributed by atoms with Gasteiger partial charge in [-0.15, -0.1) is 11.3 Å². The lowest BCUT2D eigenvalue weighted by Gasteiger charge is -2.35. The van der Waals surface area contributed by atoms with Gasteiger partial charge in [0, 0.05) is 32.2 Å². The van der Waals surface area contributed by atoms with Crippen LogP contribution in [0.1, 0.15) is 19.4 Å². The van der Waals surface area contributed by atoms with Gasteiger partial charge in [-0.1, -0.05) is 32.0 Å². The second-order valence-corrected chi connectivity index (χ2v) is 9.60. The fraction of sp³-hybridized carbons (Fsp3) is 0.500. The van der Waals surface area contributed by atoms with Crippen molar-refractivity contribution in [1.29, 1.82) is 0 Å². The maximum atomic E-state index is 5.88. The molecule has 4 atom stereocenters. The van der Waals surface area contributed by atoms with Gasteiger partial charge in [0.05, 0.1) is 0 Å². The second-order valence-electron chi connectivity index (χ2n) is 5.65. The lowest BCUT2D eigenvalue weighted by Crippen LogP contribution is -2.47. The van der Waals surface area contributed by atoms with Crippen molar-refractivity contribution < 1.29 is 0 Å². The van der Waals surface area contributed by atoms with Crippen LogP contribution in [-0.2, 0) is 6.42 Å². The van der Waals surface area contributed by atoms with Crippen LogP contribution in [0.5, 0.6) is 0 Å². The van der Waals surface area contributed by atoms with E-state index >= 15 is 0 Å². The van der Waals surface area contributed by atoms with Crippen LogP contribution in [-0.4, -0.2) is 27.5 Å². The molecule has 4 unspecified atom stereocenters. The average Bonchev–Trinajstić information content (AvgIpc) is 2.91. The highest BCUT2D eigenvalue weighted by molar-refractivity contribution is 8.07. The molecular weight excluding hydrogens is 316 g/mol. The van der Waals surface area contributed by atoms with Gasteiger partial charge in [0.15, 0.2) is 0 Å². The molecule has 0 amide bonds. The Morgan fingerprint density at radius 1 is 1.29 bits per heavy atom. The van der Waals surface area contributed by atoms with E-state index in [2.05, 4.69) is 72.4 Å². The predicted octanol–water partition coefficient (Wildman–Crippen LogP) is 3.90. The smallest absolute Gasteiger partial charge is 0.0378 e. The van der Waals surface area contributed by atoms with E-state index in [0.29, 0.717) is 16.5 Å². The summed E-state index contributed by atoms with van der Waals surface area (Å²) in [5, 5.41) is 5.71. The zero-order valence-corrected chi connectivity index (χ0v) is 14.9. The van der Waals surface area contributed by atoms with Gasteiger partial charge in [-0.25, -0.2) is 0 Å². The lowest BCUT2D eigenvalue weighted by molar-refractivity contribution is 0.523. The van der Waals surface area contributed by atoms with Gasteiger partial charge in [0.1, 0.15) is 0 Å². The molecule has 1 aromatic heterocycles. The lowest BCUT2D eigenvalue weighted by atomic mass is 10.0. The molecule has 3 N–H and O–H groups in total. The third-order valence-electron chi connectivity index (χ3n) is 4.24. The van der Waals surface area contributed by atoms with Crippen LogP contribution in [0.2, 0.25) is 0 Å². The van der Waals surface area contributed by atoms with Crippen molar-refractivity contribution in [2.75, 3.05) is 5.75 Å². The number of hydrogen-bond acceptors (Lipinski definition) is 5. The maximum Gasteiger partial charge on any atom is 0.0378 e. The monoisotopic (exact) mass is 338 g/mol. The van der Waals surface area contributed by atoms with Gasteiger partial charge in [0.25, 0.3) is 0 Å². The minimum absolute atomic E-state index is 0.343. The summed E-state index contributed by atoms with van der Waals surface area (Å²) < 4.78 is 1.37. The summed E-state index contributed by atoms with van der Waals surface area (Å²) in [4.78, 5) is 0. The Labute approximate surface area is 139 Å². The Balaban J connectivity index is 1.75. The number of fused-ring (bicyclic) bond motifs is 1. The van der Waals surface area contributed by atoms with E-state index in [0.717, 1.165) is 11.7 Å². The minimum atomic E-state index is 0.343. The van der Waals surface area contributed by atoms with E-state index in [9.17, 15) is 0 Å². The zero-order valence-electron chi connectivity index (χ0n) is 12.4. The van der Waals surface area contributed by atoms with Crippen LogP contribution in [0.15, 0.2) is 29.6 Å². The van der Waals surface area contributed by atoms with Crippen molar-refractivity contribution in [3.8, 4) is 0 Å². The highest BCUT2D eigenvalue weighted by Crippen LogP contribution is 2.38. The first-order valence-electron chi connectivity index (χ1n) is 7.37. The molecule has 2 aromatic rings. The van der Waals surface area contributed by atoms with E-state index in [-0.39, 0.29) is 0 Å². The molecular formula is C16H22N2S3. The van der Waals surface area contributed by atoms with Crippen LogP contribution in [0, 0.1) is 0 Å². The molecule has 5 heteroatoms. The van der Waals surface area contributed by atoms with Gasteiger partial charge in [0.2, 0.25) is 0 Å². The van der Waals surface area contributed by atoms with Crippen molar-refractivity contribution in [2.45, 2.75) is 42.1 Å². The molecule has 1 aliphatic rings. The average molecular weight is 339 g/mol. The fourth-order valence-corrected chi connectivity index (χ4v) is 6.83. The zero-order chi connectivity index (χ0) is 14.8. The quantitative estimate of drug-likeness (QED) is 0.655. The molecule has 1 fully saturated rings. The van der Waals surface area contributed by atoms with E-state index in [1.54, 1.807) is 0 Å². The van der Waals surface area contributed by atoms with Crippen LogP contribution in [0.25, 0.3) is 10.1 Å². The van der Waals surface area contributed by atoms with Crippen molar-refractivity contribution in [3.63, 3.8) is 0 Å². The van der Waals surface area contributed by atoms with Crippen molar-refractivity contribution in [1.82, 2.24) is 5.43 Å². The molecule has 21 heavy (non-hydrogen) atoms. The van der Waals surface area contributed by atoms with Crippen LogP contribution < -0.4 is 11.3 Å². The molecule has 0 radical (unpaired) electrons. The first-order valence-corrected chi connectivity index (χ1v) is 10.2. The van der Waals surface area contributed by atoms with Gasteiger partial charge < -0.3 is 0 Å². The van der Waals surface area contributed by atoms with Crippen LogP contribution in [0.4, 0.5) is 0 Å². The normalized spacial score (nSPS) is 27.9.